The summed E-state index contributed by atoms with van der Waals surface area (Å²) in [7, 11) is 0. The van der Waals surface area contributed by atoms with Gasteiger partial charge in [-0.2, -0.15) is 0 Å². The van der Waals surface area contributed by atoms with Crippen molar-refractivity contribution in [2.24, 2.45) is 5.73 Å². The molecule has 3 amide bonds. The highest BCUT2D eigenvalue weighted by molar-refractivity contribution is 7.99. The Morgan fingerprint density at radius 3 is 2.42 bits per heavy atom. The van der Waals surface area contributed by atoms with E-state index in [0.29, 0.717) is 10.9 Å². The van der Waals surface area contributed by atoms with Gasteiger partial charge in [0.05, 0.1) is 0 Å². The minimum atomic E-state index is -0.844. The summed E-state index contributed by atoms with van der Waals surface area (Å²) in [6.07, 6.45) is 3.53. The summed E-state index contributed by atoms with van der Waals surface area (Å²) in [5, 5.41) is 11.6. The predicted octanol–water partition coefficient (Wildman–Crippen LogP) is 4.26. The number of hydrogen-bond acceptors (Lipinski definition) is 5. The van der Waals surface area contributed by atoms with E-state index in [9.17, 15) is 9.59 Å². The van der Waals surface area contributed by atoms with Crippen molar-refractivity contribution in [1.82, 2.24) is 20.1 Å². The van der Waals surface area contributed by atoms with Crippen LogP contribution in [0.2, 0.25) is 0 Å². The topological polar surface area (TPSA) is 103 Å². The van der Waals surface area contributed by atoms with Crippen molar-refractivity contribution < 1.29 is 9.59 Å². The third kappa shape index (κ3) is 6.18. The number of carbonyl (C=O) groups is 2. The summed E-state index contributed by atoms with van der Waals surface area (Å²) in [6.45, 7) is 4.23. The smallest absolute Gasteiger partial charge is 0.318 e. The van der Waals surface area contributed by atoms with Gasteiger partial charge in [-0.25, -0.2) is 4.79 Å². The number of nitrogens with zero attached hydrogens (tertiary/aromatic N) is 3. The fraction of sp³-hybridized carbons (Fsp3) is 0.304. The van der Waals surface area contributed by atoms with Crippen molar-refractivity contribution in [3.05, 3.63) is 59.7 Å². The molecule has 1 heterocycles. The Labute approximate surface area is 186 Å². The number of carbonyl (C=O) groups excluding carboxylic acids is 2. The Morgan fingerprint density at radius 2 is 1.77 bits per heavy atom. The van der Waals surface area contributed by atoms with Gasteiger partial charge in [-0.1, -0.05) is 67.1 Å². The van der Waals surface area contributed by atoms with E-state index in [1.165, 1.54) is 22.9 Å². The first-order valence-electron chi connectivity index (χ1n) is 10.3. The first kappa shape index (κ1) is 22.6. The van der Waals surface area contributed by atoms with Crippen molar-refractivity contribution in [3.63, 3.8) is 0 Å². The van der Waals surface area contributed by atoms with Gasteiger partial charge in [-0.05, 0) is 37.5 Å². The fourth-order valence-electron chi connectivity index (χ4n) is 3.11. The molecule has 0 spiro atoms. The van der Waals surface area contributed by atoms with E-state index in [2.05, 4.69) is 46.7 Å². The lowest BCUT2D eigenvalue weighted by molar-refractivity contribution is -0.119. The molecule has 0 aliphatic carbocycles. The largest absolute Gasteiger partial charge is 0.351 e. The molecule has 1 aromatic heterocycles. The lowest BCUT2D eigenvalue weighted by atomic mass is 10.1. The van der Waals surface area contributed by atoms with Gasteiger partial charge in [0.1, 0.15) is 0 Å². The SMILES string of the molecule is CCCCc1ccc(-n2c(SCCC(=O)NC(N)=O)nnc2-c2ccc(C)cc2)cc1. The number of aryl methyl sites for hydroxylation is 2. The molecule has 0 radical (unpaired) electrons. The highest BCUT2D eigenvalue weighted by atomic mass is 32.2. The third-order valence-electron chi connectivity index (χ3n) is 4.78. The molecule has 2 aromatic carbocycles. The molecule has 3 rings (SSSR count). The number of imide groups is 1. The van der Waals surface area contributed by atoms with Crippen LogP contribution < -0.4 is 11.1 Å². The monoisotopic (exact) mass is 437 g/mol. The van der Waals surface area contributed by atoms with Crippen LogP contribution in [-0.4, -0.2) is 32.5 Å². The zero-order valence-corrected chi connectivity index (χ0v) is 18.6. The van der Waals surface area contributed by atoms with Gasteiger partial charge in [-0.15, -0.1) is 10.2 Å². The van der Waals surface area contributed by atoms with Gasteiger partial charge in [0.15, 0.2) is 11.0 Å². The molecule has 7 nitrogen and oxygen atoms in total. The van der Waals surface area contributed by atoms with E-state index in [4.69, 9.17) is 5.73 Å². The number of rotatable bonds is 9. The van der Waals surface area contributed by atoms with Gasteiger partial charge in [0, 0.05) is 23.4 Å². The Balaban J connectivity index is 1.87. The van der Waals surface area contributed by atoms with Crippen molar-refractivity contribution in [1.29, 1.82) is 0 Å². The number of primary amides is 1. The number of thioether (sulfide) groups is 1. The summed E-state index contributed by atoms with van der Waals surface area (Å²) >= 11 is 1.41. The quantitative estimate of drug-likeness (QED) is 0.487. The molecule has 162 valence electrons. The van der Waals surface area contributed by atoms with E-state index in [1.54, 1.807) is 0 Å². The summed E-state index contributed by atoms with van der Waals surface area (Å²) in [4.78, 5) is 22.5. The Bertz CT molecular complexity index is 1030. The number of benzene rings is 2. The highest BCUT2D eigenvalue weighted by Crippen LogP contribution is 2.28. The van der Waals surface area contributed by atoms with Gasteiger partial charge in [0.2, 0.25) is 5.91 Å². The van der Waals surface area contributed by atoms with Crippen LogP contribution in [0.5, 0.6) is 0 Å². The molecule has 0 fully saturated rings. The Morgan fingerprint density at radius 1 is 1.06 bits per heavy atom. The predicted molar refractivity (Wildman–Crippen MR) is 123 cm³/mol. The molecular weight excluding hydrogens is 410 g/mol. The molecule has 8 heteroatoms. The maximum absolute atomic E-state index is 11.7. The minimum Gasteiger partial charge on any atom is -0.351 e. The van der Waals surface area contributed by atoms with Crippen LogP contribution in [0.4, 0.5) is 4.79 Å². The number of unbranched alkanes of at least 4 members (excludes halogenated alkanes) is 1. The first-order valence-corrected chi connectivity index (χ1v) is 11.3. The molecule has 3 aromatic rings. The van der Waals surface area contributed by atoms with Crippen LogP contribution in [0, 0.1) is 6.92 Å². The summed E-state index contributed by atoms with van der Waals surface area (Å²) < 4.78 is 2.00. The van der Waals surface area contributed by atoms with Crippen LogP contribution in [0.25, 0.3) is 17.1 Å². The number of nitrogens with one attached hydrogen (secondary N) is 1. The number of amides is 3. The molecule has 3 N–H and O–H groups in total. The van der Waals surface area contributed by atoms with Crippen LogP contribution in [-0.2, 0) is 11.2 Å². The van der Waals surface area contributed by atoms with Gasteiger partial charge in [0.25, 0.3) is 0 Å². The van der Waals surface area contributed by atoms with Crippen molar-refractivity contribution >= 4 is 23.7 Å². The van der Waals surface area contributed by atoms with Crippen molar-refractivity contribution in [2.75, 3.05) is 5.75 Å². The second kappa shape index (κ2) is 10.8. The van der Waals surface area contributed by atoms with E-state index < -0.39 is 11.9 Å². The second-order valence-electron chi connectivity index (χ2n) is 7.29. The molecule has 0 aliphatic rings. The second-order valence-corrected chi connectivity index (χ2v) is 8.35. The minimum absolute atomic E-state index is 0.149. The van der Waals surface area contributed by atoms with Gasteiger partial charge >= 0.3 is 6.03 Å². The molecule has 0 saturated heterocycles. The van der Waals surface area contributed by atoms with Crippen LogP contribution in [0.1, 0.15) is 37.3 Å². The first-order chi connectivity index (χ1) is 15.0. The zero-order valence-electron chi connectivity index (χ0n) is 17.8. The highest BCUT2D eigenvalue weighted by Gasteiger charge is 2.17. The standard InChI is InChI=1S/C23H27N5O2S/c1-3-4-5-17-8-12-19(13-9-17)28-21(18-10-6-16(2)7-11-18)26-27-23(28)31-15-14-20(29)25-22(24)30/h6-13H,3-5,14-15H2,1-2H3,(H3,24,25,29,30). The Hall–Kier alpha value is -3.13. The van der Waals surface area contributed by atoms with E-state index >= 15 is 0 Å². The maximum Gasteiger partial charge on any atom is 0.318 e. The number of nitrogens with two attached hydrogens (primary N) is 1. The lowest BCUT2D eigenvalue weighted by Crippen LogP contribution is -2.35. The normalized spacial score (nSPS) is 10.8. The third-order valence-corrected chi connectivity index (χ3v) is 5.71. The van der Waals surface area contributed by atoms with Crippen LogP contribution in [0.15, 0.2) is 53.7 Å². The van der Waals surface area contributed by atoms with Crippen molar-refractivity contribution in [3.8, 4) is 17.1 Å². The maximum atomic E-state index is 11.7. The van der Waals surface area contributed by atoms with E-state index in [1.807, 2.05) is 35.8 Å². The average molecular weight is 438 g/mol. The number of hydrogen-bond donors (Lipinski definition) is 2. The van der Waals surface area contributed by atoms with E-state index in [0.717, 1.165) is 36.3 Å². The summed E-state index contributed by atoms with van der Waals surface area (Å²) in [5.41, 5.74) is 9.39. The van der Waals surface area contributed by atoms with Gasteiger partial charge in [-0.3, -0.25) is 14.7 Å². The molecule has 0 atom stereocenters. The summed E-state index contributed by atoms with van der Waals surface area (Å²) in [6, 6.07) is 15.7. The molecule has 0 aliphatic heterocycles. The zero-order chi connectivity index (χ0) is 22.2. The molecular formula is C23H27N5O2S. The molecule has 0 bridgehead atoms. The number of urea groups is 1. The van der Waals surface area contributed by atoms with Crippen LogP contribution >= 0.6 is 11.8 Å². The molecule has 31 heavy (non-hydrogen) atoms. The van der Waals surface area contributed by atoms with E-state index in [-0.39, 0.29) is 6.42 Å². The lowest BCUT2D eigenvalue weighted by Gasteiger charge is -2.11. The molecule has 0 saturated carbocycles. The molecule has 0 unspecified atom stereocenters. The Kier molecular flexibility index (Phi) is 7.83. The summed E-state index contributed by atoms with van der Waals surface area (Å²) in [5.74, 6) is 0.773. The number of aromatic nitrogens is 3. The van der Waals surface area contributed by atoms with Crippen molar-refractivity contribution in [2.45, 2.75) is 44.7 Å². The van der Waals surface area contributed by atoms with Crippen LogP contribution in [0.3, 0.4) is 0 Å². The average Bonchev–Trinajstić information content (AvgIpc) is 3.16. The fourth-order valence-corrected chi connectivity index (χ4v) is 4.00. The van der Waals surface area contributed by atoms with Gasteiger partial charge < -0.3 is 5.73 Å².